The predicted molar refractivity (Wildman–Crippen MR) is 81.6 cm³/mol. The van der Waals surface area contributed by atoms with Crippen molar-refractivity contribution in [2.45, 2.75) is 32.4 Å². The van der Waals surface area contributed by atoms with E-state index in [-0.39, 0.29) is 6.10 Å². The average molecular weight is 275 g/mol. The first-order valence-corrected chi connectivity index (χ1v) is 7.48. The van der Waals surface area contributed by atoms with Crippen LogP contribution in [0.1, 0.15) is 28.3 Å². The zero-order valence-electron chi connectivity index (χ0n) is 11.5. The Morgan fingerprint density at radius 3 is 2.53 bits per heavy atom. The van der Waals surface area contributed by atoms with E-state index in [1.807, 2.05) is 29.5 Å². The minimum atomic E-state index is -0.342. The molecule has 102 valence electrons. The van der Waals surface area contributed by atoms with Crippen molar-refractivity contribution in [2.24, 2.45) is 0 Å². The van der Waals surface area contributed by atoms with Crippen LogP contribution in [0, 0.1) is 6.92 Å². The van der Waals surface area contributed by atoms with Crippen LogP contribution in [0.5, 0.6) is 0 Å². The Bertz CT molecular complexity index is 494. The van der Waals surface area contributed by atoms with E-state index in [1.165, 1.54) is 15.3 Å². The van der Waals surface area contributed by atoms with Gasteiger partial charge in [0.2, 0.25) is 0 Å². The lowest BCUT2D eigenvalue weighted by molar-refractivity contribution is 0.168. The molecule has 0 amide bonds. The number of thiophene rings is 1. The Balaban J connectivity index is 1.79. The molecule has 0 spiro atoms. The summed E-state index contributed by atoms with van der Waals surface area (Å²) in [6, 6.07) is 14.7. The number of benzene rings is 1. The number of aliphatic hydroxyl groups is 1. The summed E-state index contributed by atoms with van der Waals surface area (Å²) in [4.78, 5) is 2.65. The third kappa shape index (κ3) is 4.46. The molecule has 1 aromatic carbocycles. The van der Waals surface area contributed by atoms with Crippen molar-refractivity contribution in [3.05, 3.63) is 57.8 Å². The van der Waals surface area contributed by atoms with Crippen LogP contribution in [0.15, 0.2) is 42.5 Å². The number of aryl methyl sites for hydroxylation is 1. The fourth-order valence-corrected chi connectivity index (χ4v) is 2.96. The maximum atomic E-state index is 10.0. The normalized spacial score (nSPS) is 14.3. The van der Waals surface area contributed by atoms with Gasteiger partial charge in [0, 0.05) is 22.3 Å². The molecule has 2 rings (SSSR count). The first-order valence-electron chi connectivity index (χ1n) is 6.67. The number of hydrogen-bond donors (Lipinski definition) is 2. The van der Waals surface area contributed by atoms with Crippen LogP contribution in [0.2, 0.25) is 0 Å². The molecule has 1 heterocycles. The Kier molecular flexibility index (Phi) is 5.14. The Morgan fingerprint density at radius 2 is 1.89 bits per heavy atom. The number of hydrogen-bond acceptors (Lipinski definition) is 3. The summed E-state index contributed by atoms with van der Waals surface area (Å²) >= 11 is 1.81. The molecule has 2 atom stereocenters. The lowest BCUT2D eigenvalue weighted by Gasteiger charge is -2.16. The van der Waals surface area contributed by atoms with E-state index in [9.17, 15) is 5.11 Å². The summed E-state index contributed by atoms with van der Waals surface area (Å²) in [5.74, 6) is 0. The molecule has 0 aliphatic heterocycles. The van der Waals surface area contributed by atoms with Gasteiger partial charge >= 0.3 is 0 Å². The van der Waals surface area contributed by atoms with Crippen LogP contribution in [0.25, 0.3) is 0 Å². The van der Waals surface area contributed by atoms with Crippen molar-refractivity contribution >= 4 is 11.3 Å². The highest BCUT2D eigenvalue weighted by atomic mass is 32.1. The average Bonchev–Trinajstić information content (AvgIpc) is 2.84. The molecule has 19 heavy (non-hydrogen) atoms. The van der Waals surface area contributed by atoms with E-state index in [1.54, 1.807) is 0 Å². The SMILES string of the molecule is Cc1ccc(C(C)NCC(O)Cc2ccccc2)s1. The Morgan fingerprint density at radius 1 is 1.16 bits per heavy atom. The molecular weight excluding hydrogens is 254 g/mol. The van der Waals surface area contributed by atoms with Crippen LogP contribution < -0.4 is 5.32 Å². The lowest BCUT2D eigenvalue weighted by Crippen LogP contribution is -2.30. The minimum Gasteiger partial charge on any atom is -0.391 e. The van der Waals surface area contributed by atoms with Gasteiger partial charge in [-0.25, -0.2) is 0 Å². The molecule has 2 N–H and O–H groups in total. The van der Waals surface area contributed by atoms with Gasteiger partial charge in [-0.3, -0.25) is 0 Å². The molecule has 2 nitrogen and oxygen atoms in total. The zero-order valence-corrected chi connectivity index (χ0v) is 12.3. The van der Waals surface area contributed by atoms with Crippen molar-refractivity contribution in [1.82, 2.24) is 5.32 Å². The van der Waals surface area contributed by atoms with E-state index >= 15 is 0 Å². The fourth-order valence-electron chi connectivity index (χ4n) is 2.06. The van der Waals surface area contributed by atoms with Crippen LogP contribution in [0.4, 0.5) is 0 Å². The highest BCUT2D eigenvalue weighted by Gasteiger charge is 2.10. The van der Waals surface area contributed by atoms with E-state index in [2.05, 4.69) is 43.4 Å². The van der Waals surface area contributed by atoms with Gasteiger partial charge in [-0.15, -0.1) is 11.3 Å². The second kappa shape index (κ2) is 6.85. The maximum absolute atomic E-state index is 10.0. The van der Waals surface area contributed by atoms with E-state index in [4.69, 9.17) is 0 Å². The zero-order chi connectivity index (χ0) is 13.7. The predicted octanol–water partition coefficient (Wildman–Crippen LogP) is 3.31. The maximum Gasteiger partial charge on any atom is 0.0705 e. The minimum absolute atomic E-state index is 0.295. The first kappa shape index (κ1) is 14.3. The summed E-state index contributed by atoms with van der Waals surface area (Å²) in [5, 5.41) is 13.4. The van der Waals surface area contributed by atoms with Crippen molar-refractivity contribution in [3.63, 3.8) is 0 Å². The Hall–Kier alpha value is -1.16. The number of rotatable bonds is 6. The summed E-state index contributed by atoms with van der Waals surface area (Å²) in [6.45, 7) is 4.87. The molecule has 0 aliphatic rings. The van der Waals surface area contributed by atoms with Crippen LogP contribution >= 0.6 is 11.3 Å². The van der Waals surface area contributed by atoms with Gasteiger partial charge in [-0.1, -0.05) is 30.3 Å². The largest absolute Gasteiger partial charge is 0.391 e. The van der Waals surface area contributed by atoms with Gasteiger partial charge in [0.25, 0.3) is 0 Å². The fraction of sp³-hybridized carbons (Fsp3) is 0.375. The van der Waals surface area contributed by atoms with Gasteiger partial charge in [-0.2, -0.15) is 0 Å². The molecule has 0 aliphatic carbocycles. The second-order valence-electron chi connectivity index (χ2n) is 4.92. The molecule has 0 radical (unpaired) electrons. The van der Waals surface area contributed by atoms with Gasteiger partial charge in [-0.05, 0) is 38.0 Å². The summed E-state index contributed by atoms with van der Waals surface area (Å²) in [6.07, 6.45) is 0.357. The highest BCUT2D eigenvalue weighted by molar-refractivity contribution is 7.12. The molecule has 0 saturated carbocycles. The van der Waals surface area contributed by atoms with Gasteiger partial charge in [0.1, 0.15) is 0 Å². The first-order chi connectivity index (χ1) is 9.15. The van der Waals surface area contributed by atoms with E-state index in [0.717, 1.165) is 0 Å². The number of aliphatic hydroxyl groups excluding tert-OH is 1. The molecule has 0 saturated heterocycles. The lowest BCUT2D eigenvalue weighted by atomic mass is 10.1. The van der Waals surface area contributed by atoms with Crippen molar-refractivity contribution in [3.8, 4) is 0 Å². The standard InChI is InChI=1S/C16H21NOS/c1-12-8-9-16(19-12)13(2)17-11-15(18)10-14-6-4-3-5-7-14/h3-9,13,15,17-18H,10-11H2,1-2H3. The van der Waals surface area contributed by atoms with E-state index < -0.39 is 0 Å². The summed E-state index contributed by atoms with van der Waals surface area (Å²) in [7, 11) is 0. The van der Waals surface area contributed by atoms with Gasteiger partial charge < -0.3 is 10.4 Å². The van der Waals surface area contributed by atoms with Gasteiger partial charge in [0.15, 0.2) is 0 Å². The third-order valence-electron chi connectivity index (χ3n) is 3.16. The van der Waals surface area contributed by atoms with E-state index in [0.29, 0.717) is 19.0 Å². The molecule has 0 bridgehead atoms. The summed E-state index contributed by atoms with van der Waals surface area (Å²) in [5.41, 5.74) is 1.18. The van der Waals surface area contributed by atoms with Crippen LogP contribution in [0.3, 0.4) is 0 Å². The smallest absolute Gasteiger partial charge is 0.0705 e. The molecule has 0 fully saturated rings. The molecule has 3 heteroatoms. The van der Waals surface area contributed by atoms with Crippen molar-refractivity contribution < 1.29 is 5.11 Å². The van der Waals surface area contributed by atoms with Gasteiger partial charge in [0.05, 0.1) is 6.10 Å². The van der Waals surface area contributed by atoms with Crippen LogP contribution in [-0.2, 0) is 6.42 Å². The Labute approximate surface area is 119 Å². The topological polar surface area (TPSA) is 32.3 Å². The summed E-state index contributed by atoms with van der Waals surface area (Å²) < 4.78 is 0. The quantitative estimate of drug-likeness (QED) is 0.847. The molecule has 2 unspecified atom stereocenters. The monoisotopic (exact) mass is 275 g/mol. The third-order valence-corrected chi connectivity index (χ3v) is 4.35. The molecule has 2 aromatic rings. The second-order valence-corrected chi connectivity index (χ2v) is 6.24. The highest BCUT2D eigenvalue weighted by Crippen LogP contribution is 2.22. The van der Waals surface area contributed by atoms with Crippen molar-refractivity contribution in [2.75, 3.05) is 6.54 Å². The molecule has 1 aromatic heterocycles. The van der Waals surface area contributed by atoms with Crippen molar-refractivity contribution in [1.29, 1.82) is 0 Å². The van der Waals surface area contributed by atoms with Crippen LogP contribution in [-0.4, -0.2) is 17.8 Å². The molecular formula is C16H21NOS. The number of nitrogens with one attached hydrogen (secondary N) is 1.